The molecule has 1 saturated carbocycles. The van der Waals surface area contributed by atoms with Gasteiger partial charge in [0.25, 0.3) is 5.56 Å². The molecule has 0 aliphatic heterocycles. The van der Waals surface area contributed by atoms with Gasteiger partial charge in [-0.2, -0.15) is 5.10 Å². The number of anilines is 1. The third kappa shape index (κ3) is 2.58. The number of allylic oxidation sites excluding steroid dienone is 1. The van der Waals surface area contributed by atoms with Crippen LogP contribution in [0, 0.1) is 11.3 Å². The minimum atomic E-state index is -0.281. The molecule has 1 aromatic rings. The first-order chi connectivity index (χ1) is 8.45. The molecular formula is C13H18ClN3O. The fraction of sp³-hybridized carbons (Fsp3) is 0.538. The summed E-state index contributed by atoms with van der Waals surface area (Å²) < 4.78 is 1.29. The number of aromatic nitrogens is 2. The second-order valence-electron chi connectivity index (χ2n) is 5.42. The lowest BCUT2D eigenvalue weighted by molar-refractivity contribution is 0.572. The monoisotopic (exact) mass is 267 g/mol. The van der Waals surface area contributed by atoms with Crippen molar-refractivity contribution in [2.45, 2.75) is 26.8 Å². The Morgan fingerprint density at radius 3 is 2.94 bits per heavy atom. The molecule has 1 aliphatic rings. The number of halogens is 1. The zero-order valence-corrected chi connectivity index (χ0v) is 11.5. The smallest absolute Gasteiger partial charge is 0.287 e. The van der Waals surface area contributed by atoms with Crippen LogP contribution in [0.2, 0.25) is 5.02 Å². The van der Waals surface area contributed by atoms with E-state index in [-0.39, 0.29) is 10.6 Å². The first kappa shape index (κ1) is 13.1. The summed E-state index contributed by atoms with van der Waals surface area (Å²) in [6.07, 6.45) is 4.42. The lowest BCUT2D eigenvalue weighted by Gasteiger charge is -2.10. The molecule has 0 spiro atoms. The average Bonchev–Trinajstić information content (AvgIpc) is 2.92. The summed E-state index contributed by atoms with van der Waals surface area (Å²) in [5.74, 6) is 0.643. The van der Waals surface area contributed by atoms with Crippen molar-refractivity contribution in [1.29, 1.82) is 0 Å². The summed E-state index contributed by atoms with van der Waals surface area (Å²) >= 11 is 6.04. The van der Waals surface area contributed by atoms with Gasteiger partial charge in [0.1, 0.15) is 5.02 Å². The maximum absolute atomic E-state index is 11.8. The summed E-state index contributed by atoms with van der Waals surface area (Å²) in [5.41, 5.74) is 0.742. The van der Waals surface area contributed by atoms with Gasteiger partial charge in [0.15, 0.2) is 0 Å². The summed E-state index contributed by atoms with van der Waals surface area (Å²) in [5, 5.41) is 7.46. The molecule has 1 fully saturated rings. The molecular weight excluding hydrogens is 250 g/mol. The number of hydrogen-bond acceptors (Lipinski definition) is 3. The van der Waals surface area contributed by atoms with E-state index in [0.29, 0.717) is 23.6 Å². The summed E-state index contributed by atoms with van der Waals surface area (Å²) in [4.78, 5) is 11.8. The van der Waals surface area contributed by atoms with Gasteiger partial charge in [0.2, 0.25) is 0 Å². The SMILES string of the molecule is C=CCn1ncc(NCC2CC2(C)C)c(Cl)c1=O. The van der Waals surface area contributed by atoms with E-state index in [1.807, 2.05) is 0 Å². The molecule has 1 aliphatic carbocycles. The Hall–Kier alpha value is -1.29. The molecule has 0 bridgehead atoms. The van der Waals surface area contributed by atoms with Crippen molar-refractivity contribution >= 4 is 17.3 Å². The molecule has 1 atom stereocenters. The number of rotatable bonds is 5. The Balaban J connectivity index is 2.08. The first-order valence-corrected chi connectivity index (χ1v) is 6.44. The van der Waals surface area contributed by atoms with E-state index >= 15 is 0 Å². The third-order valence-electron chi connectivity index (χ3n) is 3.54. The number of nitrogens with zero attached hydrogens (tertiary/aromatic N) is 2. The van der Waals surface area contributed by atoms with E-state index in [4.69, 9.17) is 11.6 Å². The molecule has 5 heteroatoms. The second-order valence-corrected chi connectivity index (χ2v) is 5.80. The Morgan fingerprint density at radius 1 is 1.72 bits per heavy atom. The summed E-state index contributed by atoms with van der Waals surface area (Å²) in [6.45, 7) is 9.25. The molecule has 4 nitrogen and oxygen atoms in total. The molecule has 0 aromatic carbocycles. The predicted molar refractivity (Wildman–Crippen MR) is 74.1 cm³/mol. The lowest BCUT2D eigenvalue weighted by atomic mass is 10.1. The van der Waals surface area contributed by atoms with Crippen LogP contribution in [-0.2, 0) is 6.54 Å². The molecule has 2 rings (SSSR count). The van der Waals surface area contributed by atoms with Crippen LogP contribution in [0.25, 0.3) is 0 Å². The molecule has 0 radical (unpaired) electrons. The van der Waals surface area contributed by atoms with Crippen LogP contribution in [0.15, 0.2) is 23.6 Å². The van der Waals surface area contributed by atoms with Crippen molar-refractivity contribution in [3.05, 3.63) is 34.2 Å². The Morgan fingerprint density at radius 2 is 2.39 bits per heavy atom. The standard InChI is InChI=1S/C13H18ClN3O/c1-4-5-17-12(18)11(14)10(8-16-17)15-7-9-6-13(9,2)3/h4,8-9,15H,1,5-7H2,2-3H3. The van der Waals surface area contributed by atoms with Crippen LogP contribution in [0.5, 0.6) is 0 Å². The van der Waals surface area contributed by atoms with E-state index < -0.39 is 0 Å². The van der Waals surface area contributed by atoms with Crippen molar-refractivity contribution in [3.63, 3.8) is 0 Å². The van der Waals surface area contributed by atoms with Crippen LogP contribution in [0.4, 0.5) is 5.69 Å². The molecule has 98 valence electrons. The van der Waals surface area contributed by atoms with Gasteiger partial charge in [-0.1, -0.05) is 31.5 Å². The molecule has 1 heterocycles. The first-order valence-electron chi connectivity index (χ1n) is 6.06. The van der Waals surface area contributed by atoms with Crippen LogP contribution < -0.4 is 10.9 Å². The highest BCUT2D eigenvalue weighted by Gasteiger charge is 2.45. The average molecular weight is 268 g/mol. The fourth-order valence-electron chi connectivity index (χ4n) is 2.00. The Bertz CT molecular complexity index is 521. The maximum Gasteiger partial charge on any atom is 0.287 e. The van der Waals surface area contributed by atoms with Gasteiger partial charge in [0, 0.05) is 6.54 Å². The molecule has 1 unspecified atom stereocenters. The van der Waals surface area contributed by atoms with Gasteiger partial charge in [-0.3, -0.25) is 4.79 Å². The minimum absolute atomic E-state index is 0.199. The van der Waals surface area contributed by atoms with E-state index in [9.17, 15) is 4.79 Å². The summed E-state index contributed by atoms with van der Waals surface area (Å²) in [6, 6.07) is 0. The van der Waals surface area contributed by atoms with Gasteiger partial charge in [-0.05, 0) is 17.8 Å². The van der Waals surface area contributed by atoms with Crippen LogP contribution in [0.3, 0.4) is 0 Å². The Kier molecular flexibility index (Phi) is 3.48. The molecule has 0 saturated heterocycles. The van der Waals surface area contributed by atoms with Crippen molar-refractivity contribution in [3.8, 4) is 0 Å². The minimum Gasteiger partial charge on any atom is -0.382 e. The van der Waals surface area contributed by atoms with Crippen LogP contribution in [-0.4, -0.2) is 16.3 Å². The van der Waals surface area contributed by atoms with Crippen LogP contribution >= 0.6 is 11.6 Å². The number of hydrogen-bond donors (Lipinski definition) is 1. The van der Waals surface area contributed by atoms with Gasteiger partial charge in [-0.15, -0.1) is 6.58 Å². The largest absolute Gasteiger partial charge is 0.382 e. The maximum atomic E-state index is 11.8. The highest BCUT2D eigenvalue weighted by Crippen LogP contribution is 2.51. The van der Waals surface area contributed by atoms with Crippen molar-refractivity contribution < 1.29 is 0 Å². The Labute approximate surface area is 112 Å². The topological polar surface area (TPSA) is 46.9 Å². The zero-order chi connectivity index (χ0) is 13.3. The number of nitrogens with one attached hydrogen (secondary N) is 1. The van der Waals surface area contributed by atoms with E-state index in [2.05, 4.69) is 30.8 Å². The van der Waals surface area contributed by atoms with E-state index in [0.717, 1.165) is 6.54 Å². The third-order valence-corrected chi connectivity index (χ3v) is 3.91. The molecule has 18 heavy (non-hydrogen) atoms. The van der Waals surface area contributed by atoms with E-state index in [1.165, 1.54) is 11.1 Å². The lowest BCUT2D eigenvalue weighted by Crippen LogP contribution is -2.24. The van der Waals surface area contributed by atoms with Gasteiger partial charge in [-0.25, -0.2) is 4.68 Å². The highest BCUT2D eigenvalue weighted by molar-refractivity contribution is 6.32. The summed E-state index contributed by atoms with van der Waals surface area (Å²) in [7, 11) is 0. The van der Waals surface area contributed by atoms with E-state index in [1.54, 1.807) is 12.3 Å². The van der Waals surface area contributed by atoms with Crippen molar-refractivity contribution in [1.82, 2.24) is 9.78 Å². The normalized spacial score (nSPS) is 20.5. The van der Waals surface area contributed by atoms with Gasteiger partial charge >= 0.3 is 0 Å². The van der Waals surface area contributed by atoms with Crippen molar-refractivity contribution in [2.24, 2.45) is 11.3 Å². The fourth-order valence-corrected chi connectivity index (χ4v) is 2.21. The van der Waals surface area contributed by atoms with Gasteiger partial charge < -0.3 is 5.32 Å². The van der Waals surface area contributed by atoms with Gasteiger partial charge in [0.05, 0.1) is 18.4 Å². The molecule has 1 N–H and O–H groups in total. The van der Waals surface area contributed by atoms with Crippen molar-refractivity contribution in [2.75, 3.05) is 11.9 Å². The second kappa shape index (κ2) is 4.76. The quantitative estimate of drug-likeness (QED) is 0.834. The predicted octanol–water partition coefficient (Wildman–Crippen LogP) is 2.54. The highest BCUT2D eigenvalue weighted by atomic mass is 35.5. The molecule has 0 amide bonds. The zero-order valence-electron chi connectivity index (χ0n) is 10.7. The molecule has 1 aromatic heterocycles. The van der Waals surface area contributed by atoms with Crippen LogP contribution in [0.1, 0.15) is 20.3 Å².